The van der Waals surface area contributed by atoms with Gasteiger partial charge in [0.1, 0.15) is 0 Å². The van der Waals surface area contributed by atoms with E-state index in [1.807, 2.05) is 20.8 Å². The van der Waals surface area contributed by atoms with Gasteiger partial charge in [-0.2, -0.15) is 0 Å². The molecule has 0 saturated carbocycles. The number of ether oxygens (including phenoxy) is 1. The maximum absolute atomic E-state index is 11.7. The first-order valence-corrected chi connectivity index (χ1v) is 6.56. The molecule has 1 N–H and O–H groups in total. The number of aromatic nitrogens is 3. The fraction of sp³-hybridized carbons (Fsp3) is 0.357. The number of carbonyl (C=O) groups is 2. The van der Waals surface area contributed by atoms with Crippen molar-refractivity contribution in [3.05, 3.63) is 36.0 Å². The van der Waals surface area contributed by atoms with E-state index in [1.54, 1.807) is 6.07 Å². The molecule has 8 heteroatoms. The number of amides is 1. The first-order chi connectivity index (χ1) is 10.4. The molecule has 22 heavy (non-hydrogen) atoms. The van der Waals surface area contributed by atoms with Crippen molar-refractivity contribution >= 4 is 17.8 Å². The second kappa shape index (κ2) is 6.33. The third kappa shape index (κ3) is 4.11. The molecule has 0 spiro atoms. The maximum atomic E-state index is 11.7. The summed E-state index contributed by atoms with van der Waals surface area (Å²) >= 11 is 0. The first-order valence-electron chi connectivity index (χ1n) is 6.56. The van der Waals surface area contributed by atoms with Gasteiger partial charge in [-0.1, -0.05) is 25.9 Å². The Kier molecular flexibility index (Phi) is 4.50. The van der Waals surface area contributed by atoms with Crippen molar-refractivity contribution in [2.24, 2.45) is 0 Å². The number of esters is 1. The van der Waals surface area contributed by atoms with Crippen molar-refractivity contribution in [3.8, 4) is 0 Å². The molecule has 2 aromatic rings. The van der Waals surface area contributed by atoms with Crippen LogP contribution in [0.1, 0.15) is 37.0 Å². The molecule has 0 unspecified atom stereocenters. The van der Waals surface area contributed by atoms with E-state index in [1.165, 1.54) is 18.6 Å². The zero-order valence-corrected chi connectivity index (χ0v) is 12.5. The van der Waals surface area contributed by atoms with E-state index in [4.69, 9.17) is 9.26 Å². The number of anilines is 1. The van der Waals surface area contributed by atoms with Gasteiger partial charge in [0.25, 0.3) is 5.91 Å². The third-order valence-electron chi connectivity index (χ3n) is 2.65. The summed E-state index contributed by atoms with van der Waals surface area (Å²) in [4.78, 5) is 30.8. The van der Waals surface area contributed by atoms with Crippen LogP contribution in [0.4, 0.5) is 5.88 Å². The molecule has 0 aliphatic rings. The fourth-order valence-corrected chi connectivity index (χ4v) is 1.47. The minimum Gasteiger partial charge on any atom is -0.451 e. The number of carbonyl (C=O) groups excluding carboxylic acids is 2. The Hall–Kier alpha value is -2.77. The van der Waals surface area contributed by atoms with Crippen LogP contribution in [0, 0.1) is 0 Å². The lowest BCUT2D eigenvalue weighted by atomic mass is 9.92. The monoisotopic (exact) mass is 304 g/mol. The third-order valence-corrected chi connectivity index (χ3v) is 2.65. The molecule has 0 radical (unpaired) electrons. The first kappa shape index (κ1) is 15.6. The Labute approximate surface area is 126 Å². The van der Waals surface area contributed by atoms with Crippen LogP contribution in [0.2, 0.25) is 0 Å². The SMILES string of the molecule is CC(C)(C)c1cc(NC(=O)COC(=O)c2cnccn2)on1. The van der Waals surface area contributed by atoms with Gasteiger partial charge in [0.05, 0.1) is 11.9 Å². The molecule has 2 heterocycles. The van der Waals surface area contributed by atoms with E-state index < -0.39 is 18.5 Å². The van der Waals surface area contributed by atoms with E-state index >= 15 is 0 Å². The topological polar surface area (TPSA) is 107 Å². The molecule has 1 amide bonds. The van der Waals surface area contributed by atoms with Gasteiger partial charge >= 0.3 is 5.97 Å². The highest BCUT2D eigenvalue weighted by atomic mass is 16.5. The van der Waals surface area contributed by atoms with Crippen molar-refractivity contribution in [1.82, 2.24) is 15.1 Å². The van der Waals surface area contributed by atoms with Crippen molar-refractivity contribution in [2.45, 2.75) is 26.2 Å². The summed E-state index contributed by atoms with van der Waals surface area (Å²) in [5, 5.41) is 6.33. The van der Waals surface area contributed by atoms with Gasteiger partial charge in [0.2, 0.25) is 5.88 Å². The average molecular weight is 304 g/mol. The molecular weight excluding hydrogens is 288 g/mol. The van der Waals surface area contributed by atoms with Crippen LogP contribution in [0.3, 0.4) is 0 Å². The van der Waals surface area contributed by atoms with Crippen LogP contribution in [-0.4, -0.2) is 33.6 Å². The molecule has 2 aromatic heterocycles. The second-order valence-electron chi connectivity index (χ2n) is 5.54. The summed E-state index contributed by atoms with van der Waals surface area (Å²) < 4.78 is 9.83. The predicted molar refractivity (Wildman–Crippen MR) is 76.1 cm³/mol. The number of hydrogen-bond acceptors (Lipinski definition) is 7. The summed E-state index contributed by atoms with van der Waals surface area (Å²) in [5.74, 6) is -1.06. The van der Waals surface area contributed by atoms with E-state index in [2.05, 4.69) is 20.4 Å². The fourth-order valence-electron chi connectivity index (χ4n) is 1.47. The molecule has 0 fully saturated rings. The van der Waals surface area contributed by atoms with Crippen molar-refractivity contribution < 1.29 is 18.8 Å². The molecule has 0 aromatic carbocycles. The minimum absolute atomic E-state index is 0.0324. The second-order valence-corrected chi connectivity index (χ2v) is 5.54. The van der Waals surface area contributed by atoms with Crippen molar-refractivity contribution in [3.63, 3.8) is 0 Å². The highest BCUT2D eigenvalue weighted by Gasteiger charge is 2.20. The molecule has 0 aliphatic heterocycles. The van der Waals surface area contributed by atoms with Crippen LogP contribution < -0.4 is 5.32 Å². The smallest absolute Gasteiger partial charge is 0.359 e. The molecule has 0 aliphatic carbocycles. The zero-order chi connectivity index (χ0) is 16.2. The maximum Gasteiger partial charge on any atom is 0.359 e. The molecular formula is C14H16N4O4. The summed E-state index contributed by atoms with van der Waals surface area (Å²) in [6, 6.07) is 1.63. The minimum atomic E-state index is -0.726. The molecule has 2 rings (SSSR count). The van der Waals surface area contributed by atoms with Gasteiger partial charge in [-0.05, 0) is 0 Å². The van der Waals surface area contributed by atoms with Gasteiger partial charge in [-0.25, -0.2) is 9.78 Å². The zero-order valence-electron chi connectivity index (χ0n) is 12.5. The van der Waals surface area contributed by atoms with E-state index in [0.29, 0.717) is 5.69 Å². The summed E-state index contributed by atoms with van der Waals surface area (Å²) in [6.45, 7) is 5.46. The lowest BCUT2D eigenvalue weighted by Crippen LogP contribution is -2.21. The Balaban J connectivity index is 1.86. The van der Waals surface area contributed by atoms with Gasteiger partial charge in [0, 0.05) is 23.9 Å². The average Bonchev–Trinajstić information content (AvgIpc) is 2.94. The lowest BCUT2D eigenvalue weighted by molar-refractivity contribution is -0.119. The van der Waals surface area contributed by atoms with Gasteiger partial charge in [-0.3, -0.25) is 15.1 Å². The van der Waals surface area contributed by atoms with Crippen LogP contribution in [0.5, 0.6) is 0 Å². The van der Waals surface area contributed by atoms with Crippen LogP contribution in [0.15, 0.2) is 29.2 Å². The Bertz CT molecular complexity index is 661. The van der Waals surface area contributed by atoms with Gasteiger partial charge < -0.3 is 9.26 Å². The number of nitrogens with zero attached hydrogens (tertiary/aromatic N) is 3. The van der Waals surface area contributed by atoms with Gasteiger partial charge in [-0.15, -0.1) is 0 Å². The summed E-state index contributed by atoms with van der Waals surface area (Å²) in [5.41, 5.74) is 0.551. The van der Waals surface area contributed by atoms with E-state index in [0.717, 1.165) is 0 Å². The van der Waals surface area contributed by atoms with Crippen molar-refractivity contribution in [1.29, 1.82) is 0 Å². The largest absolute Gasteiger partial charge is 0.451 e. The Morgan fingerprint density at radius 3 is 2.68 bits per heavy atom. The number of nitrogens with one attached hydrogen (secondary N) is 1. The molecule has 0 atom stereocenters. The quantitative estimate of drug-likeness (QED) is 0.854. The Morgan fingerprint density at radius 2 is 2.09 bits per heavy atom. The summed E-state index contributed by atoms with van der Waals surface area (Å²) in [7, 11) is 0. The summed E-state index contributed by atoms with van der Waals surface area (Å²) in [6.07, 6.45) is 4.05. The molecule has 116 valence electrons. The normalized spacial score (nSPS) is 11.0. The number of hydrogen-bond donors (Lipinski definition) is 1. The highest BCUT2D eigenvalue weighted by molar-refractivity contribution is 5.93. The highest BCUT2D eigenvalue weighted by Crippen LogP contribution is 2.23. The van der Waals surface area contributed by atoms with Crippen LogP contribution >= 0.6 is 0 Å². The van der Waals surface area contributed by atoms with E-state index in [9.17, 15) is 9.59 Å². The molecule has 0 saturated heterocycles. The predicted octanol–water partition coefficient (Wildman–Crippen LogP) is 1.56. The van der Waals surface area contributed by atoms with Crippen molar-refractivity contribution in [2.75, 3.05) is 11.9 Å². The van der Waals surface area contributed by atoms with Gasteiger partial charge in [0.15, 0.2) is 12.3 Å². The Morgan fingerprint density at radius 1 is 1.32 bits per heavy atom. The van der Waals surface area contributed by atoms with Crippen LogP contribution in [0.25, 0.3) is 0 Å². The molecule has 0 bridgehead atoms. The standard InChI is InChI=1S/C14H16N4O4/c1-14(2,3)10-6-12(22-18-10)17-11(19)8-21-13(20)9-7-15-4-5-16-9/h4-7H,8H2,1-3H3,(H,17,19). The number of rotatable bonds is 4. The lowest BCUT2D eigenvalue weighted by Gasteiger charge is -2.12. The van der Waals surface area contributed by atoms with E-state index in [-0.39, 0.29) is 17.0 Å². The molecule has 8 nitrogen and oxygen atoms in total. The van der Waals surface area contributed by atoms with Crippen LogP contribution in [-0.2, 0) is 14.9 Å².